The minimum absolute atomic E-state index is 0.0844. The first kappa shape index (κ1) is 11.9. The SMILES string of the molecule is CNCC(O)c1cc2c(c(F)c1O)OCCO2. The van der Waals surface area contributed by atoms with Crippen LogP contribution in [0.5, 0.6) is 17.2 Å². The normalized spacial score (nSPS) is 15.7. The Balaban J connectivity index is 2.43. The highest BCUT2D eigenvalue weighted by atomic mass is 19.1. The number of aromatic hydroxyl groups is 1. The molecule has 1 unspecified atom stereocenters. The Morgan fingerprint density at radius 1 is 1.47 bits per heavy atom. The molecule has 1 atom stereocenters. The number of likely N-dealkylation sites (N-methyl/N-ethyl adjacent to an activating group) is 1. The van der Waals surface area contributed by atoms with Crippen molar-refractivity contribution in [1.82, 2.24) is 5.32 Å². The van der Waals surface area contributed by atoms with Gasteiger partial charge in [-0.3, -0.25) is 0 Å². The van der Waals surface area contributed by atoms with Crippen molar-refractivity contribution in [2.24, 2.45) is 0 Å². The van der Waals surface area contributed by atoms with Crippen LogP contribution < -0.4 is 14.8 Å². The summed E-state index contributed by atoms with van der Waals surface area (Å²) in [5.74, 6) is -1.39. The van der Waals surface area contributed by atoms with Gasteiger partial charge in [-0.1, -0.05) is 0 Å². The zero-order valence-electron chi connectivity index (χ0n) is 9.36. The van der Waals surface area contributed by atoms with Gasteiger partial charge < -0.3 is 25.0 Å². The topological polar surface area (TPSA) is 71.0 Å². The van der Waals surface area contributed by atoms with E-state index in [0.717, 1.165) is 0 Å². The van der Waals surface area contributed by atoms with Crippen LogP contribution in [0.3, 0.4) is 0 Å². The predicted molar refractivity (Wildman–Crippen MR) is 57.9 cm³/mol. The second-order valence-electron chi connectivity index (χ2n) is 3.73. The van der Waals surface area contributed by atoms with Crippen molar-refractivity contribution in [2.45, 2.75) is 6.10 Å². The van der Waals surface area contributed by atoms with Crippen LogP contribution in [0.25, 0.3) is 0 Å². The van der Waals surface area contributed by atoms with Crippen LogP contribution in [0.15, 0.2) is 6.07 Å². The largest absolute Gasteiger partial charge is 0.504 e. The van der Waals surface area contributed by atoms with Gasteiger partial charge in [0.1, 0.15) is 13.2 Å². The van der Waals surface area contributed by atoms with Gasteiger partial charge in [0.25, 0.3) is 0 Å². The molecule has 1 aromatic rings. The number of aliphatic hydroxyl groups is 1. The molecule has 0 radical (unpaired) electrons. The van der Waals surface area contributed by atoms with Crippen LogP contribution >= 0.6 is 0 Å². The summed E-state index contributed by atoms with van der Waals surface area (Å²) < 4.78 is 24.1. The molecule has 0 fully saturated rings. The fourth-order valence-corrected chi connectivity index (χ4v) is 1.71. The first-order chi connectivity index (χ1) is 8.15. The van der Waals surface area contributed by atoms with E-state index in [9.17, 15) is 14.6 Å². The molecule has 1 aromatic carbocycles. The summed E-state index contributed by atoms with van der Waals surface area (Å²) in [6.45, 7) is 0.757. The second-order valence-corrected chi connectivity index (χ2v) is 3.73. The minimum atomic E-state index is -1.01. The minimum Gasteiger partial charge on any atom is -0.504 e. The van der Waals surface area contributed by atoms with Gasteiger partial charge in [-0.15, -0.1) is 0 Å². The number of phenolic OH excluding ortho intramolecular Hbond substituents is 1. The lowest BCUT2D eigenvalue weighted by Gasteiger charge is -2.22. The molecular formula is C11H14FNO4. The zero-order valence-corrected chi connectivity index (χ0v) is 9.36. The first-order valence-electron chi connectivity index (χ1n) is 5.28. The number of phenols is 1. The van der Waals surface area contributed by atoms with E-state index in [0.29, 0.717) is 6.61 Å². The zero-order chi connectivity index (χ0) is 12.4. The van der Waals surface area contributed by atoms with E-state index in [1.807, 2.05) is 0 Å². The van der Waals surface area contributed by atoms with Crippen LogP contribution in [0.2, 0.25) is 0 Å². The highest BCUT2D eigenvalue weighted by molar-refractivity contribution is 5.53. The van der Waals surface area contributed by atoms with Gasteiger partial charge in [-0.05, 0) is 13.1 Å². The molecule has 5 nitrogen and oxygen atoms in total. The van der Waals surface area contributed by atoms with Gasteiger partial charge in [0.05, 0.1) is 6.10 Å². The van der Waals surface area contributed by atoms with Crippen molar-refractivity contribution in [3.8, 4) is 17.2 Å². The van der Waals surface area contributed by atoms with Crippen LogP contribution in [0.1, 0.15) is 11.7 Å². The van der Waals surface area contributed by atoms with E-state index >= 15 is 0 Å². The third kappa shape index (κ3) is 2.13. The summed E-state index contributed by atoms with van der Waals surface area (Å²) in [6, 6.07) is 1.40. The number of fused-ring (bicyclic) bond motifs is 1. The molecule has 1 aliphatic heterocycles. The van der Waals surface area contributed by atoms with E-state index in [-0.39, 0.29) is 30.2 Å². The molecule has 0 bridgehead atoms. The third-order valence-corrected chi connectivity index (χ3v) is 2.53. The number of ether oxygens (including phenoxy) is 2. The lowest BCUT2D eigenvalue weighted by atomic mass is 10.1. The number of benzene rings is 1. The Bertz CT molecular complexity index is 424. The molecular weight excluding hydrogens is 229 g/mol. The number of halogens is 1. The third-order valence-electron chi connectivity index (χ3n) is 2.53. The van der Waals surface area contributed by atoms with Crippen molar-refractivity contribution in [3.63, 3.8) is 0 Å². The standard InChI is InChI=1S/C11H14FNO4/c1-13-5-7(14)6-4-8-11(9(12)10(6)15)17-3-2-16-8/h4,7,13-15H,2-3,5H2,1H3. The lowest BCUT2D eigenvalue weighted by molar-refractivity contribution is 0.153. The molecule has 0 amide bonds. The quantitative estimate of drug-likeness (QED) is 0.723. The molecule has 94 valence electrons. The molecule has 0 aromatic heterocycles. The van der Waals surface area contributed by atoms with Gasteiger partial charge in [-0.2, -0.15) is 4.39 Å². The maximum atomic E-state index is 13.8. The summed E-state index contributed by atoms with van der Waals surface area (Å²) >= 11 is 0. The van der Waals surface area contributed by atoms with E-state index in [1.165, 1.54) is 6.07 Å². The van der Waals surface area contributed by atoms with Gasteiger partial charge >= 0.3 is 0 Å². The Kier molecular flexibility index (Phi) is 3.35. The average Bonchev–Trinajstić information content (AvgIpc) is 2.34. The van der Waals surface area contributed by atoms with E-state index in [4.69, 9.17) is 9.47 Å². The number of rotatable bonds is 3. The lowest BCUT2D eigenvalue weighted by Crippen LogP contribution is -2.19. The molecule has 0 saturated carbocycles. The van der Waals surface area contributed by atoms with Crippen LogP contribution in [0, 0.1) is 5.82 Å². The van der Waals surface area contributed by atoms with Crippen LogP contribution in [0.4, 0.5) is 4.39 Å². The van der Waals surface area contributed by atoms with Gasteiger partial charge in [0.2, 0.25) is 11.6 Å². The predicted octanol–water partition coefficient (Wildman–Crippen LogP) is 0.555. The smallest absolute Gasteiger partial charge is 0.210 e. The fraction of sp³-hybridized carbons (Fsp3) is 0.455. The molecule has 17 heavy (non-hydrogen) atoms. The Labute approximate surface area is 97.8 Å². The monoisotopic (exact) mass is 243 g/mol. The van der Waals surface area contributed by atoms with Crippen molar-refractivity contribution >= 4 is 0 Å². The number of hydrogen-bond acceptors (Lipinski definition) is 5. The summed E-state index contributed by atoms with van der Waals surface area (Å²) in [6.07, 6.45) is -1.01. The van der Waals surface area contributed by atoms with Gasteiger partial charge in [0, 0.05) is 12.1 Å². The average molecular weight is 243 g/mol. The van der Waals surface area contributed by atoms with Gasteiger partial charge in [0.15, 0.2) is 11.5 Å². The number of nitrogens with one attached hydrogen (secondary N) is 1. The number of hydrogen-bond donors (Lipinski definition) is 3. The molecule has 0 aliphatic carbocycles. The summed E-state index contributed by atoms with van der Waals surface area (Å²) in [5.41, 5.74) is 0.0844. The van der Waals surface area contributed by atoms with Crippen molar-refractivity contribution in [2.75, 3.05) is 26.8 Å². The molecule has 0 spiro atoms. The molecule has 3 N–H and O–H groups in total. The Hall–Kier alpha value is -1.53. The molecule has 1 aliphatic rings. The number of aliphatic hydroxyl groups excluding tert-OH is 1. The molecule has 1 heterocycles. The molecule has 6 heteroatoms. The summed E-state index contributed by atoms with van der Waals surface area (Å²) in [5, 5.41) is 22.1. The highest BCUT2D eigenvalue weighted by Gasteiger charge is 2.25. The molecule has 0 saturated heterocycles. The maximum absolute atomic E-state index is 13.8. The van der Waals surface area contributed by atoms with Crippen LogP contribution in [-0.4, -0.2) is 37.0 Å². The van der Waals surface area contributed by atoms with Crippen molar-refractivity contribution in [3.05, 3.63) is 17.4 Å². The second kappa shape index (κ2) is 4.77. The van der Waals surface area contributed by atoms with Gasteiger partial charge in [-0.25, -0.2) is 0 Å². The first-order valence-corrected chi connectivity index (χ1v) is 5.28. The summed E-state index contributed by atoms with van der Waals surface area (Å²) in [4.78, 5) is 0. The summed E-state index contributed by atoms with van der Waals surface area (Å²) in [7, 11) is 1.65. The fourth-order valence-electron chi connectivity index (χ4n) is 1.71. The van der Waals surface area contributed by atoms with E-state index < -0.39 is 17.7 Å². The van der Waals surface area contributed by atoms with E-state index in [2.05, 4.69) is 5.32 Å². The van der Waals surface area contributed by atoms with E-state index in [1.54, 1.807) is 7.05 Å². The van der Waals surface area contributed by atoms with Crippen molar-refractivity contribution in [1.29, 1.82) is 0 Å². The Morgan fingerprint density at radius 2 is 2.18 bits per heavy atom. The Morgan fingerprint density at radius 3 is 2.88 bits per heavy atom. The van der Waals surface area contributed by atoms with Crippen LogP contribution in [-0.2, 0) is 0 Å². The van der Waals surface area contributed by atoms with Crippen molar-refractivity contribution < 1.29 is 24.1 Å². The highest BCUT2D eigenvalue weighted by Crippen LogP contribution is 2.41. The molecule has 2 rings (SSSR count). The maximum Gasteiger partial charge on any atom is 0.210 e.